The van der Waals surface area contributed by atoms with Crippen molar-refractivity contribution in [2.45, 2.75) is 38.5 Å². The number of hydrogen-bond donors (Lipinski definition) is 2. The summed E-state index contributed by atoms with van der Waals surface area (Å²) in [6.45, 7) is 6.42. The van der Waals surface area contributed by atoms with Crippen molar-refractivity contribution in [1.29, 1.82) is 0 Å². The molecule has 0 saturated heterocycles. The summed E-state index contributed by atoms with van der Waals surface area (Å²) in [6.07, 6.45) is 1.95. The molecule has 0 fully saturated rings. The summed E-state index contributed by atoms with van der Waals surface area (Å²) in [7, 11) is -3.13. The second-order valence-corrected chi connectivity index (χ2v) is 8.73. The van der Waals surface area contributed by atoms with Gasteiger partial charge in [0.05, 0.1) is 5.75 Å². The molecule has 0 aliphatic heterocycles. The normalized spacial score (nSPS) is 14.0. The predicted octanol–water partition coefficient (Wildman–Crippen LogP) is 2.15. The van der Waals surface area contributed by atoms with E-state index in [2.05, 4.69) is 19.2 Å². The first-order valence-corrected chi connectivity index (χ1v) is 9.40. The third-order valence-electron chi connectivity index (χ3n) is 3.34. The third kappa shape index (κ3) is 7.81. The summed E-state index contributed by atoms with van der Waals surface area (Å²) >= 11 is 0. The van der Waals surface area contributed by atoms with Gasteiger partial charge in [-0.25, -0.2) is 8.42 Å². The van der Waals surface area contributed by atoms with Crippen molar-refractivity contribution in [2.24, 2.45) is 11.7 Å². The number of nitrogens with one attached hydrogen (secondary N) is 1. The molecular formula is C16H27ClN2O3S. The van der Waals surface area contributed by atoms with Crippen LogP contribution in [0.3, 0.4) is 0 Å². The third-order valence-corrected chi connectivity index (χ3v) is 4.20. The Hall–Kier alpha value is -1.11. The zero-order chi connectivity index (χ0) is 17.0. The highest BCUT2D eigenvalue weighted by molar-refractivity contribution is 7.89. The van der Waals surface area contributed by atoms with Gasteiger partial charge in [0.2, 0.25) is 0 Å². The smallest absolute Gasteiger partial charge is 0.251 e. The van der Waals surface area contributed by atoms with E-state index in [0.29, 0.717) is 23.6 Å². The molecule has 0 saturated carbocycles. The Bertz CT molecular complexity index is 632. The molecule has 3 N–H and O–H groups in total. The zero-order valence-corrected chi connectivity index (χ0v) is 15.8. The minimum atomic E-state index is -3.13. The van der Waals surface area contributed by atoms with Crippen LogP contribution in [0.15, 0.2) is 24.3 Å². The van der Waals surface area contributed by atoms with Gasteiger partial charge >= 0.3 is 0 Å². The molecule has 1 aromatic carbocycles. The van der Waals surface area contributed by atoms with Crippen molar-refractivity contribution in [2.75, 3.05) is 12.8 Å². The van der Waals surface area contributed by atoms with Crippen LogP contribution in [0.1, 0.15) is 43.1 Å². The Morgan fingerprint density at radius 2 is 1.96 bits per heavy atom. The fourth-order valence-corrected chi connectivity index (χ4v) is 3.32. The topological polar surface area (TPSA) is 89.3 Å². The van der Waals surface area contributed by atoms with Gasteiger partial charge in [0, 0.05) is 23.9 Å². The van der Waals surface area contributed by atoms with Crippen LogP contribution in [0, 0.1) is 5.92 Å². The van der Waals surface area contributed by atoms with Crippen LogP contribution >= 0.6 is 12.4 Å². The van der Waals surface area contributed by atoms with Crippen LogP contribution < -0.4 is 11.1 Å². The highest BCUT2D eigenvalue weighted by Crippen LogP contribution is 2.17. The van der Waals surface area contributed by atoms with Crippen LogP contribution in [0.4, 0.5) is 0 Å². The number of carbonyl (C=O) groups excluding carboxylic acids is 1. The fourth-order valence-electron chi connectivity index (χ4n) is 2.54. The number of benzene rings is 1. The summed E-state index contributed by atoms with van der Waals surface area (Å²) in [5.41, 5.74) is 6.38. The molecule has 0 aliphatic carbocycles. The number of carbonyl (C=O) groups is 1. The average Bonchev–Trinajstić information content (AvgIpc) is 2.36. The molecule has 1 aromatic rings. The lowest BCUT2D eigenvalue weighted by Gasteiger charge is -2.31. The van der Waals surface area contributed by atoms with Gasteiger partial charge in [-0.3, -0.25) is 4.79 Å². The Labute approximate surface area is 145 Å². The first kappa shape index (κ1) is 21.9. The summed E-state index contributed by atoms with van der Waals surface area (Å²) in [5.74, 6) is 0.100. The van der Waals surface area contributed by atoms with Crippen LogP contribution in [0.5, 0.6) is 0 Å². The molecule has 0 bridgehead atoms. The van der Waals surface area contributed by atoms with Crippen molar-refractivity contribution in [1.82, 2.24) is 5.32 Å². The number of nitrogens with two attached hydrogens (primary N) is 1. The molecule has 1 amide bonds. The number of sulfone groups is 1. The molecule has 0 heterocycles. The monoisotopic (exact) mass is 362 g/mol. The van der Waals surface area contributed by atoms with E-state index in [9.17, 15) is 13.2 Å². The highest BCUT2D eigenvalue weighted by Gasteiger charge is 2.26. The summed E-state index contributed by atoms with van der Waals surface area (Å²) in [6, 6.07) is 6.68. The number of rotatable bonds is 7. The van der Waals surface area contributed by atoms with Crippen LogP contribution in [0.25, 0.3) is 0 Å². The Morgan fingerprint density at radius 1 is 1.35 bits per heavy atom. The second-order valence-electron chi connectivity index (χ2n) is 6.59. The maximum atomic E-state index is 12.4. The molecule has 0 spiro atoms. The van der Waals surface area contributed by atoms with Gasteiger partial charge in [-0.2, -0.15) is 0 Å². The lowest BCUT2D eigenvalue weighted by Crippen LogP contribution is -2.52. The van der Waals surface area contributed by atoms with Crippen LogP contribution in [0.2, 0.25) is 0 Å². The van der Waals surface area contributed by atoms with Gasteiger partial charge in [-0.1, -0.05) is 26.0 Å². The van der Waals surface area contributed by atoms with E-state index in [-0.39, 0.29) is 24.1 Å². The van der Waals surface area contributed by atoms with E-state index in [0.717, 1.165) is 6.42 Å². The van der Waals surface area contributed by atoms with E-state index in [1.165, 1.54) is 6.26 Å². The molecular weight excluding hydrogens is 336 g/mol. The van der Waals surface area contributed by atoms with Gasteiger partial charge in [-0.15, -0.1) is 12.4 Å². The average molecular weight is 363 g/mol. The largest absolute Gasteiger partial charge is 0.346 e. The van der Waals surface area contributed by atoms with Gasteiger partial charge < -0.3 is 11.1 Å². The zero-order valence-electron chi connectivity index (χ0n) is 14.1. The molecule has 0 radical (unpaired) electrons. The highest BCUT2D eigenvalue weighted by atomic mass is 35.5. The Morgan fingerprint density at radius 3 is 2.43 bits per heavy atom. The molecule has 5 nitrogen and oxygen atoms in total. The van der Waals surface area contributed by atoms with Gasteiger partial charge in [-0.05, 0) is 37.0 Å². The predicted molar refractivity (Wildman–Crippen MR) is 96.6 cm³/mol. The molecule has 1 atom stereocenters. The molecule has 0 aliphatic rings. The van der Waals surface area contributed by atoms with Gasteiger partial charge in [0.15, 0.2) is 9.84 Å². The molecule has 23 heavy (non-hydrogen) atoms. The lowest BCUT2D eigenvalue weighted by atomic mass is 9.90. The van der Waals surface area contributed by atoms with Crippen molar-refractivity contribution in [3.8, 4) is 0 Å². The van der Waals surface area contributed by atoms with Crippen molar-refractivity contribution >= 4 is 28.2 Å². The molecule has 1 unspecified atom stereocenters. The fraction of sp³-hybridized carbons (Fsp3) is 0.562. The summed E-state index contributed by atoms with van der Waals surface area (Å²) in [4.78, 5) is 12.4. The first-order chi connectivity index (χ1) is 10.0. The minimum absolute atomic E-state index is 0. The van der Waals surface area contributed by atoms with Crippen molar-refractivity contribution < 1.29 is 13.2 Å². The van der Waals surface area contributed by atoms with E-state index in [1.807, 2.05) is 6.92 Å². The molecule has 132 valence electrons. The lowest BCUT2D eigenvalue weighted by molar-refractivity contribution is 0.0898. The van der Waals surface area contributed by atoms with Gasteiger partial charge in [0.1, 0.15) is 0 Å². The van der Waals surface area contributed by atoms with E-state index >= 15 is 0 Å². The van der Waals surface area contributed by atoms with Crippen LogP contribution in [-0.2, 0) is 15.6 Å². The van der Waals surface area contributed by atoms with E-state index in [1.54, 1.807) is 24.3 Å². The quantitative estimate of drug-likeness (QED) is 0.777. The number of halogens is 1. The van der Waals surface area contributed by atoms with Crippen molar-refractivity contribution in [3.63, 3.8) is 0 Å². The number of hydrogen-bond acceptors (Lipinski definition) is 4. The maximum absolute atomic E-state index is 12.4. The Kier molecular flexibility index (Phi) is 8.24. The first-order valence-electron chi connectivity index (χ1n) is 7.34. The standard InChI is InChI=1S/C16H26N2O3S.ClH/c1-12(2)9-16(3,11-17)18-15(19)14-7-5-6-13(8-14)10-22(4,20)21;/h5-8,12H,9-11,17H2,1-4H3,(H,18,19);1H. The van der Waals surface area contributed by atoms with Gasteiger partial charge in [0.25, 0.3) is 5.91 Å². The van der Waals surface area contributed by atoms with Crippen molar-refractivity contribution in [3.05, 3.63) is 35.4 Å². The summed E-state index contributed by atoms with van der Waals surface area (Å²) in [5, 5.41) is 2.97. The minimum Gasteiger partial charge on any atom is -0.346 e. The van der Waals surface area contributed by atoms with E-state index < -0.39 is 15.4 Å². The number of amides is 1. The van der Waals surface area contributed by atoms with Crippen LogP contribution in [-0.4, -0.2) is 32.7 Å². The Balaban J connectivity index is 0.00000484. The second kappa shape index (κ2) is 8.66. The van der Waals surface area contributed by atoms with E-state index in [4.69, 9.17) is 5.73 Å². The molecule has 7 heteroatoms. The molecule has 1 rings (SSSR count). The SMILES string of the molecule is CC(C)CC(C)(CN)NC(=O)c1cccc(CS(C)(=O)=O)c1.Cl. The molecule has 0 aromatic heterocycles. The summed E-state index contributed by atoms with van der Waals surface area (Å²) < 4.78 is 22.7. The maximum Gasteiger partial charge on any atom is 0.251 e.